The lowest BCUT2D eigenvalue weighted by Gasteiger charge is -1.95. The molecule has 0 amide bonds. The molecule has 0 bridgehead atoms. The Morgan fingerprint density at radius 2 is 1.43 bits per heavy atom. The maximum atomic E-state index is 10.7. The van der Waals surface area contributed by atoms with Gasteiger partial charge in [-0.15, -0.1) is 0 Å². The van der Waals surface area contributed by atoms with Crippen molar-refractivity contribution < 1.29 is 8.42 Å². The molecule has 0 aliphatic rings. The SMILES string of the molecule is C.N.N.NS(=O)(=O)c1ccc(Cl)cc1. The van der Waals surface area contributed by atoms with E-state index in [1.54, 1.807) is 0 Å². The lowest BCUT2D eigenvalue weighted by Crippen LogP contribution is -2.11. The second-order valence-corrected chi connectivity index (χ2v) is 4.00. The van der Waals surface area contributed by atoms with Crippen molar-refractivity contribution in [1.29, 1.82) is 0 Å². The lowest BCUT2D eigenvalue weighted by atomic mass is 10.4. The Balaban J connectivity index is -0.000000403. The van der Waals surface area contributed by atoms with Gasteiger partial charge in [-0.3, -0.25) is 0 Å². The molecule has 14 heavy (non-hydrogen) atoms. The molecule has 1 rings (SSSR count). The van der Waals surface area contributed by atoms with Crippen LogP contribution in [0.2, 0.25) is 5.02 Å². The monoisotopic (exact) mass is 241 g/mol. The summed E-state index contributed by atoms with van der Waals surface area (Å²) in [5.74, 6) is 0. The van der Waals surface area contributed by atoms with Crippen LogP contribution >= 0.6 is 11.6 Å². The highest BCUT2D eigenvalue weighted by molar-refractivity contribution is 7.89. The molecule has 0 saturated carbocycles. The number of sulfonamides is 1. The average molecular weight is 242 g/mol. The van der Waals surface area contributed by atoms with E-state index >= 15 is 0 Å². The van der Waals surface area contributed by atoms with Crippen molar-refractivity contribution in [3.63, 3.8) is 0 Å². The summed E-state index contributed by atoms with van der Waals surface area (Å²) in [6.07, 6.45) is 0. The van der Waals surface area contributed by atoms with Crippen LogP contribution in [0, 0.1) is 0 Å². The van der Waals surface area contributed by atoms with Crippen LogP contribution in [0.15, 0.2) is 29.2 Å². The molecule has 0 aliphatic heterocycles. The Hall–Kier alpha value is -0.660. The van der Waals surface area contributed by atoms with E-state index in [-0.39, 0.29) is 24.6 Å². The molecular weight excluding hydrogens is 226 g/mol. The zero-order chi connectivity index (χ0) is 8.48. The van der Waals surface area contributed by atoms with Crippen molar-refractivity contribution in [3.05, 3.63) is 29.3 Å². The molecule has 0 atom stereocenters. The molecule has 0 fully saturated rings. The standard InChI is InChI=1S/C6H6ClNO2S.CH4.2H3N/c7-5-1-3-6(4-2-5)11(8,9)10;;;/h1-4H,(H2,8,9,10);1H4;2*1H3. The minimum absolute atomic E-state index is 0. The normalized spacial score (nSPS) is 9.00. The van der Waals surface area contributed by atoms with Crippen LogP contribution in [0.1, 0.15) is 7.43 Å². The van der Waals surface area contributed by atoms with Gasteiger partial charge in [0.25, 0.3) is 0 Å². The van der Waals surface area contributed by atoms with Gasteiger partial charge in [0, 0.05) is 5.02 Å². The minimum atomic E-state index is -3.58. The minimum Gasteiger partial charge on any atom is -0.344 e. The molecule has 1 aromatic rings. The van der Waals surface area contributed by atoms with Gasteiger partial charge in [-0.05, 0) is 24.3 Å². The van der Waals surface area contributed by atoms with Gasteiger partial charge in [0.2, 0.25) is 10.0 Å². The first-order valence-electron chi connectivity index (χ1n) is 2.78. The van der Waals surface area contributed by atoms with E-state index in [1.807, 2.05) is 0 Å². The number of nitrogens with two attached hydrogens (primary N) is 1. The van der Waals surface area contributed by atoms with E-state index in [4.69, 9.17) is 16.7 Å². The summed E-state index contributed by atoms with van der Waals surface area (Å²) in [6.45, 7) is 0. The van der Waals surface area contributed by atoms with Gasteiger partial charge in [0.1, 0.15) is 0 Å². The first-order chi connectivity index (χ1) is 5.00. The van der Waals surface area contributed by atoms with E-state index in [9.17, 15) is 8.42 Å². The average Bonchev–Trinajstić information content (AvgIpc) is 1.86. The van der Waals surface area contributed by atoms with Gasteiger partial charge in [-0.2, -0.15) is 0 Å². The highest BCUT2D eigenvalue weighted by atomic mass is 35.5. The van der Waals surface area contributed by atoms with Gasteiger partial charge in [0.15, 0.2) is 0 Å². The highest BCUT2D eigenvalue weighted by Crippen LogP contribution is 2.11. The molecule has 0 heterocycles. The van der Waals surface area contributed by atoms with Crippen molar-refractivity contribution in [3.8, 4) is 0 Å². The van der Waals surface area contributed by atoms with Crippen molar-refractivity contribution in [2.75, 3.05) is 0 Å². The Bertz CT molecular complexity index is 350. The van der Waals surface area contributed by atoms with Crippen LogP contribution in [-0.2, 0) is 10.0 Å². The van der Waals surface area contributed by atoms with E-state index in [2.05, 4.69) is 0 Å². The summed E-state index contributed by atoms with van der Waals surface area (Å²) in [7, 11) is -3.58. The van der Waals surface area contributed by atoms with Crippen molar-refractivity contribution in [2.24, 2.45) is 5.14 Å². The third-order valence-electron chi connectivity index (χ3n) is 1.14. The predicted molar refractivity (Wildman–Crippen MR) is 59.6 cm³/mol. The topological polar surface area (TPSA) is 130 Å². The number of rotatable bonds is 1. The molecule has 0 radical (unpaired) electrons. The maximum absolute atomic E-state index is 10.7. The third-order valence-corrected chi connectivity index (χ3v) is 2.32. The number of halogens is 1. The second-order valence-electron chi connectivity index (χ2n) is 2.00. The fourth-order valence-corrected chi connectivity index (χ4v) is 1.27. The number of benzene rings is 1. The summed E-state index contributed by atoms with van der Waals surface area (Å²) in [4.78, 5) is 0.0712. The zero-order valence-electron chi connectivity index (χ0n) is 6.90. The molecule has 0 saturated heterocycles. The summed E-state index contributed by atoms with van der Waals surface area (Å²) in [5, 5.41) is 5.32. The van der Waals surface area contributed by atoms with Crippen LogP contribution in [0.4, 0.5) is 0 Å². The summed E-state index contributed by atoms with van der Waals surface area (Å²) in [6, 6.07) is 5.66. The lowest BCUT2D eigenvalue weighted by molar-refractivity contribution is 0.598. The largest absolute Gasteiger partial charge is 0.344 e. The quantitative estimate of drug-likeness (QED) is 0.693. The second kappa shape index (κ2) is 6.74. The van der Waals surface area contributed by atoms with Gasteiger partial charge in [-0.25, -0.2) is 13.6 Å². The Morgan fingerprint density at radius 3 is 1.71 bits per heavy atom. The van der Waals surface area contributed by atoms with Gasteiger partial charge in [0.05, 0.1) is 4.90 Å². The molecule has 5 nitrogen and oxygen atoms in total. The van der Waals surface area contributed by atoms with Crippen LogP contribution in [0.5, 0.6) is 0 Å². The van der Waals surface area contributed by atoms with Gasteiger partial charge in [-0.1, -0.05) is 19.0 Å². The van der Waals surface area contributed by atoms with Gasteiger partial charge < -0.3 is 12.3 Å². The Morgan fingerprint density at radius 1 is 1.07 bits per heavy atom. The summed E-state index contributed by atoms with van der Waals surface area (Å²) >= 11 is 5.53. The highest BCUT2D eigenvalue weighted by Gasteiger charge is 2.05. The zero-order valence-corrected chi connectivity index (χ0v) is 8.48. The van der Waals surface area contributed by atoms with Crippen LogP contribution in [0.25, 0.3) is 0 Å². The first-order valence-corrected chi connectivity index (χ1v) is 4.71. The Kier molecular flexibility index (Phi) is 9.15. The molecule has 0 aromatic heterocycles. The van der Waals surface area contributed by atoms with Crippen LogP contribution in [-0.4, -0.2) is 8.42 Å². The fraction of sp³-hybridized carbons (Fsp3) is 0.143. The van der Waals surface area contributed by atoms with Crippen LogP contribution < -0.4 is 17.4 Å². The number of hydrogen-bond acceptors (Lipinski definition) is 4. The molecule has 8 N–H and O–H groups in total. The number of primary sulfonamides is 1. The van der Waals surface area contributed by atoms with Crippen molar-refractivity contribution >= 4 is 21.6 Å². The molecule has 0 unspecified atom stereocenters. The third kappa shape index (κ3) is 5.15. The van der Waals surface area contributed by atoms with E-state index < -0.39 is 10.0 Å². The smallest absolute Gasteiger partial charge is 0.238 e. The summed E-state index contributed by atoms with van der Waals surface area (Å²) < 4.78 is 21.4. The van der Waals surface area contributed by atoms with Crippen molar-refractivity contribution in [1.82, 2.24) is 12.3 Å². The molecular formula is C7H16ClN3O2S. The fourth-order valence-electron chi connectivity index (χ4n) is 0.624. The summed E-state index contributed by atoms with van der Waals surface area (Å²) in [5.41, 5.74) is 0. The first kappa shape index (κ1) is 19.0. The predicted octanol–water partition coefficient (Wildman–Crippen LogP) is 1.95. The number of hydrogen-bond donors (Lipinski definition) is 3. The molecule has 7 heteroatoms. The van der Waals surface area contributed by atoms with Crippen molar-refractivity contribution in [2.45, 2.75) is 12.3 Å². The van der Waals surface area contributed by atoms with E-state index in [0.717, 1.165) is 0 Å². The van der Waals surface area contributed by atoms with E-state index in [0.29, 0.717) is 5.02 Å². The molecule has 84 valence electrons. The van der Waals surface area contributed by atoms with Crippen LogP contribution in [0.3, 0.4) is 0 Å². The molecule has 0 aliphatic carbocycles. The Labute approximate surface area is 89.5 Å². The van der Waals surface area contributed by atoms with Gasteiger partial charge >= 0.3 is 0 Å². The molecule has 1 aromatic carbocycles. The van der Waals surface area contributed by atoms with E-state index in [1.165, 1.54) is 24.3 Å². The maximum Gasteiger partial charge on any atom is 0.238 e. The molecule has 0 spiro atoms.